The minimum atomic E-state index is -0.372. The van der Waals surface area contributed by atoms with E-state index < -0.39 is 0 Å². The summed E-state index contributed by atoms with van der Waals surface area (Å²) < 4.78 is 5.73. The fourth-order valence-corrected chi connectivity index (χ4v) is 3.83. The first-order chi connectivity index (χ1) is 15.3. The number of carbonyl (C=O) groups excluding carboxylic acids is 2. The van der Waals surface area contributed by atoms with E-state index in [4.69, 9.17) is 4.74 Å². The van der Waals surface area contributed by atoms with Gasteiger partial charge in [0.25, 0.3) is 11.8 Å². The summed E-state index contributed by atoms with van der Waals surface area (Å²) in [6, 6.07) is 22.4. The van der Waals surface area contributed by atoms with Gasteiger partial charge in [-0.05, 0) is 69.2 Å². The van der Waals surface area contributed by atoms with Crippen molar-refractivity contribution in [1.82, 2.24) is 0 Å². The van der Waals surface area contributed by atoms with Crippen LogP contribution >= 0.6 is 0 Å². The summed E-state index contributed by atoms with van der Waals surface area (Å²) in [5.74, 6) is -0.00819. The van der Waals surface area contributed by atoms with Crippen LogP contribution in [-0.2, 0) is 9.59 Å². The van der Waals surface area contributed by atoms with Crippen LogP contribution < -0.4 is 15.0 Å². The van der Waals surface area contributed by atoms with E-state index in [9.17, 15) is 9.59 Å². The lowest BCUT2D eigenvalue weighted by molar-refractivity contribution is -0.120. The van der Waals surface area contributed by atoms with Gasteiger partial charge in [0.15, 0.2) is 0 Å². The zero-order valence-electron chi connectivity index (χ0n) is 18.7. The van der Waals surface area contributed by atoms with Gasteiger partial charge in [0, 0.05) is 5.69 Å². The van der Waals surface area contributed by atoms with Gasteiger partial charge in [-0.25, -0.2) is 4.90 Å². The molecule has 0 saturated heterocycles. The lowest BCUT2D eigenvalue weighted by atomic mass is 10.0. The van der Waals surface area contributed by atoms with Crippen LogP contribution in [0.1, 0.15) is 30.5 Å². The molecule has 5 nitrogen and oxygen atoms in total. The van der Waals surface area contributed by atoms with Crippen LogP contribution in [0.15, 0.2) is 78.5 Å². The number of imide groups is 1. The molecule has 3 aromatic rings. The Hall–Kier alpha value is -3.86. The maximum Gasteiger partial charge on any atom is 0.282 e. The van der Waals surface area contributed by atoms with E-state index in [1.807, 2.05) is 100 Å². The Labute approximate surface area is 188 Å². The number of para-hydroxylation sites is 1. The molecule has 162 valence electrons. The summed E-state index contributed by atoms with van der Waals surface area (Å²) in [6.07, 6.45) is 0.0464. The summed E-state index contributed by atoms with van der Waals surface area (Å²) in [5.41, 5.74) is 4.53. The van der Waals surface area contributed by atoms with Crippen molar-refractivity contribution < 1.29 is 14.3 Å². The molecular formula is C27H26N2O3. The van der Waals surface area contributed by atoms with Crippen molar-refractivity contribution in [1.29, 1.82) is 0 Å². The van der Waals surface area contributed by atoms with Gasteiger partial charge >= 0.3 is 0 Å². The van der Waals surface area contributed by atoms with Gasteiger partial charge in [-0.1, -0.05) is 48.0 Å². The van der Waals surface area contributed by atoms with E-state index in [0.717, 1.165) is 16.8 Å². The molecule has 1 heterocycles. The zero-order chi connectivity index (χ0) is 22.8. The van der Waals surface area contributed by atoms with Gasteiger partial charge in [0.1, 0.15) is 11.4 Å². The van der Waals surface area contributed by atoms with Crippen molar-refractivity contribution >= 4 is 28.8 Å². The van der Waals surface area contributed by atoms with Crippen molar-refractivity contribution in [3.63, 3.8) is 0 Å². The van der Waals surface area contributed by atoms with E-state index >= 15 is 0 Å². The Morgan fingerprint density at radius 1 is 0.844 bits per heavy atom. The van der Waals surface area contributed by atoms with Crippen LogP contribution in [0.2, 0.25) is 0 Å². The average molecular weight is 427 g/mol. The predicted molar refractivity (Wildman–Crippen MR) is 128 cm³/mol. The molecule has 0 fully saturated rings. The molecule has 0 atom stereocenters. The van der Waals surface area contributed by atoms with Gasteiger partial charge in [-0.2, -0.15) is 0 Å². The third kappa shape index (κ3) is 4.14. The van der Waals surface area contributed by atoms with Crippen LogP contribution in [0.3, 0.4) is 0 Å². The number of rotatable bonds is 6. The molecule has 0 aromatic heterocycles. The highest BCUT2D eigenvalue weighted by Crippen LogP contribution is 2.35. The minimum absolute atomic E-state index is 0.0464. The predicted octanol–water partition coefficient (Wildman–Crippen LogP) is 5.49. The highest BCUT2D eigenvalue weighted by atomic mass is 16.5. The Morgan fingerprint density at radius 3 is 2.16 bits per heavy atom. The second-order valence-corrected chi connectivity index (χ2v) is 8.17. The van der Waals surface area contributed by atoms with E-state index in [0.29, 0.717) is 22.6 Å². The Balaban J connectivity index is 1.79. The number of aryl methyl sites for hydroxylation is 2. The molecule has 1 aliphatic heterocycles. The topological polar surface area (TPSA) is 58.6 Å². The number of carbonyl (C=O) groups is 2. The molecule has 0 radical (unpaired) electrons. The second kappa shape index (κ2) is 8.71. The van der Waals surface area contributed by atoms with Crippen molar-refractivity contribution in [3.05, 3.63) is 95.2 Å². The molecule has 0 spiro atoms. The Kier molecular flexibility index (Phi) is 5.82. The maximum atomic E-state index is 13.6. The van der Waals surface area contributed by atoms with Crippen molar-refractivity contribution in [2.24, 2.45) is 0 Å². The fraction of sp³-hybridized carbons (Fsp3) is 0.185. The number of hydrogen-bond acceptors (Lipinski definition) is 4. The van der Waals surface area contributed by atoms with Gasteiger partial charge < -0.3 is 10.1 Å². The maximum absolute atomic E-state index is 13.6. The lowest BCUT2D eigenvalue weighted by Gasteiger charge is -2.18. The first-order valence-corrected chi connectivity index (χ1v) is 10.6. The molecule has 1 aliphatic rings. The molecule has 0 saturated carbocycles. The van der Waals surface area contributed by atoms with Crippen LogP contribution in [0.25, 0.3) is 5.57 Å². The molecule has 4 rings (SSSR count). The van der Waals surface area contributed by atoms with E-state index in [1.165, 1.54) is 4.90 Å². The summed E-state index contributed by atoms with van der Waals surface area (Å²) in [7, 11) is 0. The van der Waals surface area contributed by atoms with E-state index in [1.54, 1.807) is 0 Å². The molecule has 5 heteroatoms. The van der Waals surface area contributed by atoms with E-state index in [-0.39, 0.29) is 23.6 Å². The lowest BCUT2D eigenvalue weighted by Crippen LogP contribution is -2.33. The molecule has 1 N–H and O–H groups in total. The number of amides is 2. The standard InChI is InChI=1S/C27H26N2O3/c1-17(2)32-22-13-11-20(12-14-22)24-25(28-21-8-6-5-7-9-21)27(31)29(26(24)30)23-15-10-18(3)16-19(23)4/h5-17,28H,1-4H3. The molecule has 0 unspecified atom stereocenters. The molecular weight excluding hydrogens is 400 g/mol. The number of nitrogens with one attached hydrogen (secondary N) is 1. The summed E-state index contributed by atoms with van der Waals surface area (Å²) in [6.45, 7) is 7.80. The van der Waals surface area contributed by atoms with Gasteiger partial charge in [-0.15, -0.1) is 0 Å². The largest absolute Gasteiger partial charge is 0.491 e. The van der Waals surface area contributed by atoms with Crippen molar-refractivity contribution in [3.8, 4) is 5.75 Å². The highest BCUT2D eigenvalue weighted by molar-refractivity contribution is 6.46. The number of anilines is 2. The molecule has 3 aromatic carbocycles. The van der Waals surface area contributed by atoms with Gasteiger partial charge in [0.05, 0.1) is 17.4 Å². The molecule has 32 heavy (non-hydrogen) atoms. The van der Waals surface area contributed by atoms with Crippen molar-refractivity contribution in [2.45, 2.75) is 33.8 Å². The smallest absolute Gasteiger partial charge is 0.282 e. The number of hydrogen-bond donors (Lipinski definition) is 1. The zero-order valence-corrected chi connectivity index (χ0v) is 18.7. The molecule has 0 aliphatic carbocycles. The van der Waals surface area contributed by atoms with Crippen LogP contribution in [0, 0.1) is 13.8 Å². The molecule has 2 amide bonds. The number of nitrogens with zero attached hydrogens (tertiary/aromatic N) is 1. The van der Waals surface area contributed by atoms with Crippen LogP contribution in [0.4, 0.5) is 11.4 Å². The van der Waals surface area contributed by atoms with Crippen LogP contribution in [0.5, 0.6) is 5.75 Å². The Morgan fingerprint density at radius 2 is 1.53 bits per heavy atom. The van der Waals surface area contributed by atoms with Gasteiger partial charge in [-0.3, -0.25) is 9.59 Å². The quantitative estimate of drug-likeness (QED) is 0.530. The monoisotopic (exact) mass is 426 g/mol. The summed E-state index contributed by atoms with van der Waals surface area (Å²) in [4.78, 5) is 28.4. The number of benzene rings is 3. The van der Waals surface area contributed by atoms with E-state index in [2.05, 4.69) is 5.32 Å². The second-order valence-electron chi connectivity index (χ2n) is 8.17. The third-order valence-electron chi connectivity index (χ3n) is 5.24. The summed E-state index contributed by atoms with van der Waals surface area (Å²) in [5, 5.41) is 3.18. The minimum Gasteiger partial charge on any atom is -0.491 e. The normalized spacial score (nSPS) is 13.8. The first kappa shape index (κ1) is 21.4. The fourth-order valence-electron chi connectivity index (χ4n) is 3.83. The highest BCUT2D eigenvalue weighted by Gasteiger charge is 2.40. The first-order valence-electron chi connectivity index (χ1n) is 10.6. The number of ether oxygens (including phenoxy) is 1. The third-order valence-corrected chi connectivity index (χ3v) is 5.24. The van der Waals surface area contributed by atoms with Crippen LogP contribution in [-0.4, -0.2) is 17.9 Å². The van der Waals surface area contributed by atoms with Crippen molar-refractivity contribution in [2.75, 3.05) is 10.2 Å². The Bertz CT molecular complexity index is 1200. The van der Waals surface area contributed by atoms with Gasteiger partial charge in [0.2, 0.25) is 0 Å². The SMILES string of the molecule is Cc1ccc(N2C(=O)C(Nc3ccccc3)=C(c3ccc(OC(C)C)cc3)C2=O)c(C)c1. The molecule has 0 bridgehead atoms. The average Bonchev–Trinajstić information content (AvgIpc) is 2.99. The summed E-state index contributed by atoms with van der Waals surface area (Å²) >= 11 is 0.